The van der Waals surface area contributed by atoms with Crippen molar-refractivity contribution in [1.82, 2.24) is 9.80 Å². The quantitative estimate of drug-likeness (QED) is 0.632. The first-order valence-electron chi connectivity index (χ1n) is 11.0. The van der Waals surface area contributed by atoms with Crippen LogP contribution in [0.15, 0.2) is 48.5 Å². The lowest BCUT2D eigenvalue weighted by Gasteiger charge is -2.36. The molecule has 0 aromatic heterocycles. The molecule has 0 spiro atoms. The highest BCUT2D eigenvalue weighted by Gasteiger charge is 2.40. The third-order valence-corrected chi connectivity index (χ3v) is 6.69. The van der Waals surface area contributed by atoms with Gasteiger partial charge in [0.1, 0.15) is 0 Å². The highest BCUT2D eigenvalue weighted by atomic mass is 35.5. The van der Waals surface area contributed by atoms with Crippen molar-refractivity contribution in [3.8, 4) is 0 Å². The second kappa shape index (κ2) is 8.60. The van der Waals surface area contributed by atoms with Crippen LogP contribution in [-0.4, -0.2) is 41.5 Å². The van der Waals surface area contributed by atoms with Crippen LogP contribution in [0.5, 0.6) is 0 Å². The van der Waals surface area contributed by atoms with Crippen LogP contribution in [0, 0.1) is 0 Å². The number of hydrogen-bond acceptors (Lipinski definition) is 2. The number of halogens is 1. The van der Waals surface area contributed by atoms with E-state index in [9.17, 15) is 4.79 Å². The number of nitrogens with one attached hydrogen (secondary N) is 1. The molecule has 2 aliphatic rings. The van der Waals surface area contributed by atoms with Gasteiger partial charge in [-0.2, -0.15) is 0 Å². The second-order valence-electron chi connectivity index (χ2n) is 9.55. The number of nitrogens with zero attached hydrogens (tertiary/aromatic N) is 2. The summed E-state index contributed by atoms with van der Waals surface area (Å²) in [6.45, 7) is 9.66. The first kappa shape index (κ1) is 21.2. The third kappa shape index (κ3) is 4.50. The van der Waals surface area contributed by atoms with E-state index >= 15 is 0 Å². The Morgan fingerprint density at radius 3 is 2.30 bits per heavy atom. The second-order valence-corrected chi connectivity index (χ2v) is 9.98. The lowest BCUT2D eigenvalue weighted by molar-refractivity contribution is 0.154. The zero-order chi connectivity index (χ0) is 21.3. The van der Waals surface area contributed by atoms with Crippen molar-refractivity contribution in [2.24, 2.45) is 0 Å². The molecule has 2 aromatic carbocycles. The lowest BCUT2D eigenvalue weighted by atomic mass is 9.85. The van der Waals surface area contributed by atoms with Crippen molar-refractivity contribution >= 4 is 23.3 Å². The first-order valence-corrected chi connectivity index (χ1v) is 11.4. The van der Waals surface area contributed by atoms with Crippen molar-refractivity contribution in [3.05, 3.63) is 64.7 Å². The predicted octanol–water partition coefficient (Wildman–Crippen LogP) is 6.08. The number of benzene rings is 2. The minimum absolute atomic E-state index is 0.0315. The molecular formula is C25H32ClN3O. The van der Waals surface area contributed by atoms with Gasteiger partial charge < -0.3 is 10.2 Å². The Hall–Kier alpha value is -2.04. The summed E-state index contributed by atoms with van der Waals surface area (Å²) in [4.78, 5) is 18.0. The number of urea groups is 1. The van der Waals surface area contributed by atoms with Gasteiger partial charge in [-0.05, 0) is 66.6 Å². The summed E-state index contributed by atoms with van der Waals surface area (Å²) in [6, 6.07) is 16.7. The third-order valence-electron chi connectivity index (χ3n) is 6.43. The van der Waals surface area contributed by atoms with E-state index in [1.165, 1.54) is 17.5 Å². The van der Waals surface area contributed by atoms with E-state index in [1.54, 1.807) is 12.1 Å². The molecule has 2 aliphatic heterocycles. The Morgan fingerprint density at radius 1 is 0.967 bits per heavy atom. The molecule has 0 aliphatic carbocycles. The van der Waals surface area contributed by atoms with Gasteiger partial charge in [-0.3, -0.25) is 4.90 Å². The molecule has 2 atom stereocenters. The molecule has 4 nitrogen and oxygen atoms in total. The standard InChI is InChI=1S/C25H32ClN3O/c1-25(2,3)19-9-7-18(8-10-19)23-22-6-4-15-28(22)16-5-17-29(23)24(30)27-21-13-11-20(26)12-14-21/h7-14,22-23H,4-6,15-17H2,1-3H3,(H,27,30)/t22-,23?/m0/s1. The van der Waals surface area contributed by atoms with Gasteiger partial charge >= 0.3 is 6.03 Å². The maximum atomic E-state index is 13.4. The normalized spacial score (nSPS) is 22.5. The monoisotopic (exact) mass is 425 g/mol. The van der Waals surface area contributed by atoms with E-state index in [-0.39, 0.29) is 17.5 Å². The topological polar surface area (TPSA) is 35.6 Å². The summed E-state index contributed by atoms with van der Waals surface area (Å²) < 4.78 is 0. The van der Waals surface area contributed by atoms with E-state index in [2.05, 4.69) is 60.2 Å². The molecule has 2 saturated heterocycles. The molecule has 1 N–H and O–H groups in total. The molecule has 2 fully saturated rings. The van der Waals surface area contributed by atoms with Gasteiger partial charge in [-0.1, -0.05) is 56.6 Å². The lowest BCUT2D eigenvalue weighted by Crippen LogP contribution is -2.44. The Kier molecular flexibility index (Phi) is 6.08. The van der Waals surface area contributed by atoms with Crippen molar-refractivity contribution in [3.63, 3.8) is 0 Å². The predicted molar refractivity (Wildman–Crippen MR) is 124 cm³/mol. The van der Waals surface area contributed by atoms with Crippen molar-refractivity contribution < 1.29 is 4.79 Å². The molecule has 1 unspecified atom stereocenters. The average Bonchev–Trinajstić information content (AvgIpc) is 3.09. The highest BCUT2D eigenvalue weighted by molar-refractivity contribution is 6.30. The summed E-state index contributed by atoms with van der Waals surface area (Å²) in [7, 11) is 0. The summed E-state index contributed by atoms with van der Waals surface area (Å²) >= 11 is 6.00. The van der Waals surface area contributed by atoms with Crippen LogP contribution in [0.25, 0.3) is 0 Å². The Bertz CT molecular complexity index is 873. The SMILES string of the molecule is CC(C)(C)c1ccc(C2[C@@H]3CCCN3CCCN2C(=O)Nc2ccc(Cl)cc2)cc1. The number of carbonyl (C=O) groups is 1. The number of fused-ring (bicyclic) bond motifs is 1. The van der Waals surface area contributed by atoms with E-state index in [0.717, 1.165) is 38.2 Å². The molecule has 4 rings (SSSR count). The number of carbonyl (C=O) groups excluding carboxylic acids is 1. The molecule has 0 saturated carbocycles. The maximum absolute atomic E-state index is 13.4. The van der Waals surface area contributed by atoms with Crippen molar-refractivity contribution in [2.75, 3.05) is 25.0 Å². The van der Waals surface area contributed by atoms with Crippen molar-refractivity contribution in [1.29, 1.82) is 0 Å². The minimum Gasteiger partial charge on any atom is -0.316 e. The van der Waals surface area contributed by atoms with E-state index in [1.807, 2.05) is 12.1 Å². The van der Waals surface area contributed by atoms with E-state index in [4.69, 9.17) is 11.6 Å². The smallest absolute Gasteiger partial charge is 0.316 e. The zero-order valence-corrected chi connectivity index (χ0v) is 19.0. The number of rotatable bonds is 2. The largest absolute Gasteiger partial charge is 0.322 e. The molecule has 160 valence electrons. The Morgan fingerprint density at radius 2 is 1.63 bits per heavy atom. The number of anilines is 1. The van der Waals surface area contributed by atoms with Crippen LogP contribution in [0.1, 0.15) is 57.2 Å². The Balaban J connectivity index is 1.64. The van der Waals surface area contributed by atoms with Crippen molar-refractivity contribution in [2.45, 2.75) is 57.5 Å². The van der Waals surface area contributed by atoms with Gasteiger partial charge in [0.15, 0.2) is 0 Å². The molecule has 30 heavy (non-hydrogen) atoms. The first-order chi connectivity index (χ1) is 14.3. The number of hydrogen-bond donors (Lipinski definition) is 1. The summed E-state index contributed by atoms with van der Waals surface area (Å²) in [6.07, 6.45) is 3.34. The molecule has 2 heterocycles. The summed E-state index contributed by atoms with van der Waals surface area (Å²) in [5.74, 6) is 0. The van der Waals surface area contributed by atoms with Gasteiger partial charge in [-0.15, -0.1) is 0 Å². The summed E-state index contributed by atoms with van der Waals surface area (Å²) in [5, 5.41) is 3.76. The zero-order valence-electron chi connectivity index (χ0n) is 18.2. The maximum Gasteiger partial charge on any atom is 0.322 e. The van der Waals surface area contributed by atoms with Gasteiger partial charge in [0, 0.05) is 29.8 Å². The molecule has 0 radical (unpaired) electrons. The van der Waals surface area contributed by atoms with E-state index in [0.29, 0.717) is 11.1 Å². The number of amides is 2. The van der Waals surface area contributed by atoms with Gasteiger partial charge in [0.25, 0.3) is 0 Å². The minimum atomic E-state index is -0.0315. The van der Waals surface area contributed by atoms with Crippen LogP contribution in [0.3, 0.4) is 0 Å². The van der Waals surface area contributed by atoms with Crippen LogP contribution in [0.2, 0.25) is 5.02 Å². The Labute approximate surface area is 185 Å². The summed E-state index contributed by atoms with van der Waals surface area (Å²) in [5.41, 5.74) is 3.44. The van der Waals surface area contributed by atoms with Crippen LogP contribution in [-0.2, 0) is 5.41 Å². The molecule has 5 heteroatoms. The molecule has 0 bridgehead atoms. The average molecular weight is 426 g/mol. The van der Waals surface area contributed by atoms with Crippen LogP contribution in [0.4, 0.5) is 10.5 Å². The fourth-order valence-corrected chi connectivity index (χ4v) is 4.94. The van der Waals surface area contributed by atoms with Gasteiger partial charge in [0.05, 0.1) is 6.04 Å². The fraction of sp³-hybridized carbons (Fsp3) is 0.480. The van der Waals surface area contributed by atoms with Crippen LogP contribution >= 0.6 is 11.6 Å². The van der Waals surface area contributed by atoms with Gasteiger partial charge in [0.2, 0.25) is 0 Å². The van der Waals surface area contributed by atoms with Crippen LogP contribution < -0.4 is 5.32 Å². The fourth-order valence-electron chi connectivity index (χ4n) is 4.82. The highest BCUT2D eigenvalue weighted by Crippen LogP contribution is 2.37. The molecule has 2 amide bonds. The van der Waals surface area contributed by atoms with E-state index < -0.39 is 0 Å². The molecular weight excluding hydrogens is 394 g/mol. The molecule has 2 aromatic rings. The van der Waals surface area contributed by atoms with Gasteiger partial charge in [-0.25, -0.2) is 4.79 Å².